The first-order valence-electron chi connectivity index (χ1n) is 9.72. The van der Waals surface area contributed by atoms with E-state index in [0.29, 0.717) is 5.69 Å². The first-order chi connectivity index (χ1) is 15.8. The predicted octanol–water partition coefficient (Wildman–Crippen LogP) is -1.36. The van der Waals surface area contributed by atoms with Crippen molar-refractivity contribution in [2.75, 3.05) is 11.3 Å². The second kappa shape index (κ2) is 9.38. The lowest BCUT2D eigenvalue weighted by Gasteiger charge is -2.39. The molecule has 3 heterocycles. The van der Waals surface area contributed by atoms with Gasteiger partial charge in [0, 0.05) is 6.20 Å². The van der Waals surface area contributed by atoms with Crippen LogP contribution in [0.2, 0.25) is 0 Å². The number of rotatable bonds is 7. The summed E-state index contributed by atoms with van der Waals surface area (Å²) in [6.07, 6.45) is -4.42. The zero-order valence-corrected chi connectivity index (χ0v) is 17.7. The third-order valence-corrected chi connectivity index (χ3v) is 6.24. The van der Waals surface area contributed by atoms with Crippen LogP contribution in [0.25, 0.3) is 5.69 Å². The number of benzene rings is 1. The molecule has 0 spiro atoms. The first kappa shape index (κ1) is 23.0. The number of aliphatic hydroxyl groups excluding tert-OH is 4. The second-order valence-electron chi connectivity index (χ2n) is 7.13. The average molecular weight is 479 g/mol. The van der Waals surface area contributed by atoms with E-state index in [-0.39, 0.29) is 16.6 Å². The Kier molecular flexibility index (Phi) is 6.55. The number of aliphatic hydroxyl groups is 4. The Balaban J connectivity index is 1.45. The molecule has 0 bridgehead atoms. The maximum Gasteiger partial charge on any atom is 0.263 e. The molecule has 0 amide bonds. The zero-order valence-electron chi connectivity index (χ0n) is 16.9. The van der Waals surface area contributed by atoms with Crippen molar-refractivity contribution in [3.05, 3.63) is 54.9 Å². The average Bonchev–Trinajstić information content (AvgIpc) is 3.28. The van der Waals surface area contributed by atoms with Gasteiger partial charge in [-0.25, -0.2) is 18.1 Å². The van der Waals surface area contributed by atoms with E-state index < -0.39 is 47.3 Å². The van der Waals surface area contributed by atoms with Crippen LogP contribution in [0.15, 0.2) is 59.8 Å². The maximum atomic E-state index is 12.5. The summed E-state index contributed by atoms with van der Waals surface area (Å²) < 4.78 is 39.3. The molecule has 0 saturated carbocycles. The summed E-state index contributed by atoms with van der Waals surface area (Å²) in [6, 6.07) is 10.6. The molecule has 5 N–H and O–H groups in total. The molecule has 176 valence electrons. The summed E-state index contributed by atoms with van der Waals surface area (Å²) in [5.74, 6) is 0.112. The highest BCUT2D eigenvalue weighted by Gasteiger charge is 2.45. The van der Waals surface area contributed by atoms with Crippen molar-refractivity contribution in [3.8, 4) is 11.6 Å². The molecule has 13 nitrogen and oxygen atoms in total. The Labute approximate surface area is 187 Å². The quantitative estimate of drug-likeness (QED) is 0.269. The van der Waals surface area contributed by atoms with Gasteiger partial charge in [0.2, 0.25) is 6.29 Å². The minimum Gasteiger partial charge on any atom is -0.443 e. The fourth-order valence-corrected chi connectivity index (χ4v) is 4.12. The number of nitrogens with one attached hydrogen (secondary N) is 1. The van der Waals surface area contributed by atoms with Crippen LogP contribution in [0.4, 0.5) is 5.82 Å². The molecule has 2 aromatic heterocycles. The van der Waals surface area contributed by atoms with Crippen molar-refractivity contribution < 1.29 is 38.3 Å². The van der Waals surface area contributed by atoms with Crippen LogP contribution in [0.1, 0.15) is 0 Å². The van der Waals surface area contributed by atoms with Gasteiger partial charge in [-0.2, -0.15) is 0 Å². The Morgan fingerprint density at radius 3 is 2.48 bits per heavy atom. The summed E-state index contributed by atoms with van der Waals surface area (Å²) in [5, 5.41) is 46.6. The van der Waals surface area contributed by atoms with Crippen LogP contribution in [0, 0.1) is 0 Å². The molecule has 1 aromatic carbocycles. The van der Waals surface area contributed by atoms with Crippen molar-refractivity contribution in [3.63, 3.8) is 0 Å². The van der Waals surface area contributed by atoms with Gasteiger partial charge in [0.15, 0.2) is 0 Å². The highest BCUT2D eigenvalue weighted by molar-refractivity contribution is 7.92. The van der Waals surface area contributed by atoms with E-state index >= 15 is 0 Å². The molecule has 4 rings (SSSR count). The topological polar surface area (TPSA) is 189 Å². The van der Waals surface area contributed by atoms with Crippen LogP contribution in [0.5, 0.6) is 5.88 Å². The van der Waals surface area contributed by atoms with Crippen LogP contribution in [-0.2, 0) is 14.8 Å². The third-order valence-electron chi connectivity index (χ3n) is 4.87. The molecule has 33 heavy (non-hydrogen) atoms. The Morgan fingerprint density at radius 2 is 1.82 bits per heavy atom. The fourth-order valence-electron chi connectivity index (χ4n) is 3.11. The van der Waals surface area contributed by atoms with E-state index in [2.05, 4.69) is 20.0 Å². The number of aromatic nitrogens is 4. The normalized spacial score (nSPS) is 25.5. The highest BCUT2D eigenvalue weighted by atomic mass is 32.2. The minimum atomic E-state index is -3.84. The van der Waals surface area contributed by atoms with E-state index in [9.17, 15) is 28.8 Å². The van der Waals surface area contributed by atoms with E-state index in [4.69, 9.17) is 9.47 Å². The number of ether oxygens (including phenoxy) is 2. The Hall–Kier alpha value is -3.14. The summed E-state index contributed by atoms with van der Waals surface area (Å²) in [7, 11) is -3.84. The third kappa shape index (κ3) is 4.95. The van der Waals surface area contributed by atoms with E-state index in [1.54, 1.807) is 12.1 Å². The molecule has 0 unspecified atom stereocenters. The SMILES string of the molecule is O=S(=O)(Nc1ccccn1)c1ccc(-n2cc(O[C@@H]3O[C@H](CO)[C@H](O)[C@H](O)[C@H]3O)nn2)cc1. The molecule has 1 fully saturated rings. The summed E-state index contributed by atoms with van der Waals surface area (Å²) >= 11 is 0. The number of nitrogens with zero attached hydrogens (tertiary/aromatic N) is 4. The predicted molar refractivity (Wildman–Crippen MR) is 111 cm³/mol. The van der Waals surface area contributed by atoms with Gasteiger partial charge < -0.3 is 29.9 Å². The highest BCUT2D eigenvalue weighted by Crippen LogP contribution is 2.24. The van der Waals surface area contributed by atoms with Gasteiger partial charge in [-0.3, -0.25) is 4.72 Å². The van der Waals surface area contributed by atoms with E-state index in [1.807, 2.05) is 0 Å². The lowest BCUT2D eigenvalue weighted by molar-refractivity contribution is -0.278. The van der Waals surface area contributed by atoms with Crippen molar-refractivity contribution in [1.29, 1.82) is 0 Å². The van der Waals surface area contributed by atoms with Gasteiger partial charge in [0.05, 0.1) is 23.4 Å². The van der Waals surface area contributed by atoms with Crippen molar-refractivity contribution in [1.82, 2.24) is 20.0 Å². The molecule has 5 atom stereocenters. The van der Waals surface area contributed by atoms with Gasteiger partial charge >= 0.3 is 0 Å². The maximum absolute atomic E-state index is 12.5. The van der Waals surface area contributed by atoms with Gasteiger partial charge in [-0.1, -0.05) is 16.4 Å². The molecule has 3 aromatic rings. The summed E-state index contributed by atoms with van der Waals surface area (Å²) in [5.41, 5.74) is 0.461. The lowest BCUT2D eigenvalue weighted by atomic mass is 9.99. The Bertz CT molecular complexity index is 1170. The smallest absolute Gasteiger partial charge is 0.263 e. The molecular weight excluding hydrogens is 458 g/mol. The van der Waals surface area contributed by atoms with Crippen molar-refractivity contribution >= 4 is 15.8 Å². The summed E-state index contributed by atoms with van der Waals surface area (Å²) in [6.45, 7) is -0.595. The van der Waals surface area contributed by atoms with Gasteiger partial charge in [0.25, 0.3) is 15.9 Å². The summed E-state index contributed by atoms with van der Waals surface area (Å²) in [4.78, 5) is 3.94. The molecule has 0 radical (unpaired) electrons. The number of sulfonamides is 1. The van der Waals surface area contributed by atoms with Gasteiger partial charge in [-0.15, -0.1) is 0 Å². The van der Waals surface area contributed by atoms with Crippen LogP contribution >= 0.6 is 0 Å². The first-order valence-corrected chi connectivity index (χ1v) is 11.2. The number of pyridine rings is 1. The molecular formula is C19H21N5O8S. The number of anilines is 1. The van der Waals surface area contributed by atoms with Gasteiger partial charge in [-0.05, 0) is 36.4 Å². The molecule has 1 aliphatic heterocycles. The van der Waals surface area contributed by atoms with E-state index in [0.717, 1.165) is 0 Å². The number of hydrogen-bond donors (Lipinski definition) is 5. The molecule has 0 aliphatic carbocycles. The standard InChI is InChI=1S/C19H21N5O8S/c25-10-13-16(26)17(27)18(28)19(31-13)32-15-9-24(23-21-15)11-4-6-12(7-5-11)33(29,30)22-14-3-1-2-8-20-14/h1-9,13,16-19,25-28H,10H2,(H,20,22)/t13-,16+,17+,18-,19+/m1/s1. The van der Waals surface area contributed by atoms with E-state index in [1.165, 1.54) is 47.4 Å². The van der Waals surface area contributed by atoms with Crippen molar-refractivity contribution in [2.24, 2.45) is 0 Å². The molecule has 14 heteroatoms. The van der Waals surface area contributed by atoms with Crippen LogP contribution in [0.3, 0.4) is 0 Å². The number of hydrogen-bond acceptors (Lipinski definition) is 11. The molecule has 1 saturated heterocycles. The molecule has 1 aliphatic rings. The minimum absolute atomic E-state index is 0.00908. The largest absolute Gasteiger partial charge is 0.443 e. The van der Waals surface area contributed by atoms with Crippen LogP contribution in [-0.4, -0.2) is 86.1 Å². The van der Waals surface area contributed by atoms with Crippen LogP contribution < -0.4 is 9.46 Å². The monoisotopic (exact) mass is 479 g/mol. The van der Waals surface area contributed by atoms with Gasteiger partial charge in [0.1, 0.15) is 30.2 Å². The zero-order chi connectivity index (χ0) is 23.6. The van der Waals surface area contributed by atoms with Crippen molar-refractivity contribution in [2.45, 2.75) is 35.6 Å². The Morgan fingerprint density at radius 1 is 1.06 bits per heavy atom. The lowest BCUT2D eigenvalue weighted by Crippen LogP contribution is -2.60. The fraction of sp³-hybridized carbons (Fsp3) is 0.316. The second-order valence-corrected chi connectivity index (χ2v) is 8.81.